The Labute approximate surface area is 128 Å². The van der Waals surface area contributed by atoms with Gasteiger partial charge in [-0.2, -0.15) is 0 Å². The molecule has 0 saturated carbocycles. The molecule has 21 heavy (non-hydrogen) atoms. The molecule has 112 valence electrons. The van der Waals surface area contributed by atoms with Crippen LogP contribution in [-0.4, -0.2) is 13.6 Å². The molecule has 0 radical (unpaired) electrons. The van der Waals surface area contributed by atoms with Crippen LogP contribution >= 0.6 is 0 Å². The van der Waals surface area contributed by atoms with Gasteiger partial charge < -0.3 is 10.2 Å². The third-order valence-electron chi connectivity index (χ3n) is 3.65. The van der Waals surface area contributed by atoms with E-state index in [1.165, 1.54) is 22.5 Å². The van der Waals surface area contributed by atoms with Crippen molar-refractivity contribution in [2.75, 3.05) is 18.5 Å². The molecular weight excluding hydrogens is 256 g/mol. The molecule has 2 nitrogen and oxygen atoms in total. The molecule has 0 atom stereocenters. The van der Waals surface area contributed by atoms with E-state index in [2.05, 4.69) is 80.5 Å². The van der Waals surface area contributed by atoms with Gasteiger partial charge >= 0.3 is 0 Å². The van der Waals surface area contributed by atoms with Gasteiger partial charge in [-0.25, -0.2) is 0 Å². The van der Waals surface area contributed by atoms with Gasteiger partial charge in [0, 0.05) is 25.0 Å². The number of benzene rings is 2. The lowest BCUT2D eigenvalue weighted by molar-refractivity contribution is 0.552. The van der Waals surface area contributed by atoms with Crippen molar-refractivity contribution < 1.29 is 0 Å². The van der Waals surface area contributed by atoms with Crippen LogP contribution < -0.4 is 10.2 Å². The van der Waals surface area contributed by atoms with Gasteiger partial charge in [-0.3, -0.25) is 0 Å². The van der Waals surface area contributed by atoms with Crippen LogP contribution in [0.4, 0.5) is 11.4 Å². The fourth-order valence-corrected chi connectivity index (χ4v) is 2.50. The molecule has 0 heterocycles. The van der Waals surface area contributed by atoms with E-state index in [9.17, 15) is 0 Å². The van der Waals surface area contributed by atoms with Crippen molar-refractivity contribution in [3.8, 4) is 0 Å². The topological polar surface area (TPSA) is 15.3 Å². The second-order valence-electron chi connectivity index (χ2n) is 6.04. The Morgan fingerprint density at radius 1 is 1.05 bits per heavy atom. The Bertz CT molecular complexity index is 561. The second-order valence-corrected chi connectivity index (χ2v) is 6.04. The van der Waals surface area contributed by atoms with Gasteiger partial charge in [-0.1, -0.05) is 44.2 Å². The third kappa shape index (κ3) is 4.33. The Morgan fingerprint density at radius 2 is 1.76 bits per heavy atom. The molecule has 0 saturated heterocycles. The third-order valence-corrected chi connectivity index (χ3v) is 3.65. The molecule has 0 aliphatic heterocycles. The van der Waals surface area contributed by atoms with E-state index in [1.807, 2.05) is 6.07 Å². The van der Waals surface area contributed by atoms with Crippen molar-refractivity contribution in [1.82, 2.24) is 5.32 Å². The molecule has 2 aromatic rings. The molecule has 1 N–H and O–H groups in total. The number of nitrogens with zero attached hydrogens (tertiary/aromatic N) is 1. The molecule has 2 aromatic carbocycles. The maximum absolute atomic E-state index is 3.50. The number of aryl methyl sites for hydroxylation is 1. The summed E-state index contributed by atoms with van der Waals surface area (Å²) in [6.07, 6.45) is 0. The number of hydrogen-bond donors (Lipinski definition) is 1. The highest BCUT2D eigenvalue weighted by Gasteiger charge is 2.07. The average molecular weight is 282 g/mol. The lowest BCUT2D eigenvalue weighted by atomic mass is 10.1. The summed E-state index contributed by atoms with van der Waals surface area (Å²) in [5, 5.41) is 3.50. The first kappa shape index (κ1) is 15.6. The number of rotatable bonds is 6. The minimum absolute atomic E-state index is 0.689. The minimum Gasteiger partial charge on any atom is -0.344 e. The molecule has 2 rings (SSSR count). The van der Waals surface area contributed by atoms with Crippen molar-refractivity contribution in [3.05, 3.63) is 59.7 Å². The Balaban J connectivity index is 2.08. The van der Waals surface area contributed by atoms with Crippen molar-refractivity contribution >= 4 is 11.4 Å². The van der Waals surface area contributed by atoms with Gasteiger partial charge in [0.2, 0.25) is 0 Å². The number of para-hydroxylation sites is 1. The monoisotopic (exact) mass is 282 g/mol. The van der Waals surface area contributed by atoms with Crippen molar-refractivity contribution in [2.24, 2.45) is 5.92 Å². The summed E-state index contributed by atoms with van der Waals surface area (Å²) in [6.45, 7) is 8.64. The second kappa shape index (κ2) is 7.28. The minimum atomic E-state index is 0.689. The predicted octanol–water partition coefficient (Wildman–Crippen LogP) is 4.51. The molecule has 0 unspecified atom stereocenters. The van der Waals surface area contributed by atoms with Crippen LogP contribution in [0.5, 0.6) is 0 Å². The van der Waals surface area contributed by atoms with Gasteiger partial charge in [0.15, 0.2) is 0 Å². The van der Waals surface area contributed by atoms with E-state index < -0.39 is 0 Å². The average Bonchev–Trinajstić information content (AvgIpc) is 2.47. The number of nitrogens with one attached hydrogen (secondary N) is 1. The standard InChI is InChI=1S/C19H26N2/c1-15(2)13-20-14-17-10-11-19(16(3)12-17)21(4)18-8-6-5-7-9-18/h5-12,15,20H,13-14H2,1-4H3. The SMILES string of the molecule is Cc1cc(CNCC(C)C)ccc1N(C)c1ccccc1. The summed E-state index contributed by atoms with van der Waals surface area (Å²) in [6, 6.07) is 17.2. The fourth-order valence-electron chi connectivity index (χ4n) is 2.50. The van der Waals surface area contributed by atoms with Crippen LogP contribution in [0.2, 0.25) is 0 Å². The molecule has 0 fully saturated rings. The van der Waals surface area contributed by atoms with E-state index in [1.54, 1.807) is 0 Å². The van der Waals surface area contributed by atoms with Crippen molar-refractivity contribution in [3.63, 3.8) is 0 Å². The van der Waals surface area contributed by atoms with Gasteiger partial charge in [-0.05, 0) is 48.7 Å². The Morgan fingerprint density at radius 3 is 2.38 bits per heavy atom. The van der Waals surface area contributed by atoms with Crippen LogP contribution in [0.25, 0.3) is 0 Å². The summed E-state index contributed by atoms with van der Waals surface area (Å²) in [4.78, 5) is 2.24. The van der Waals surface area contributed by atoms with Crippen molar-refractivity contribution in [1.29, 1.82) is 0 Å². The summed E-state index contributed by atoms with van der Waals surface area (Å²) in [5.41, 5.74) is 5.13. The molecule has 0 spiro atoms. The van der Waals surface area contributed by atoms with Gasteiger partial charge in [0.25, 0.3) is 0 Å². The number of hydrogen-bond acceptors (Lipinski definition) is 2. The molecular formula is C19H26N2. The first-order valence-corrected chi connectivity index (χ1v) is 7.67. The Kier molecular flexibility index (Phi) is 5.40. The quantitative estimate of drug-likeness (QED) is 0.838. The lowest BCUT2D eigenvalue weighted by Gasteiger charge is -2.22. The highest BCUT2D eigenvalue weighted by molar-refractivity contribution is 5.65. The first-order valence-electron chi connectivity index (χ1n) is 7.67. The van der Waals surface area contributed by atoms with E-state index in [0.717, 1.165) is 13.1 Å². The number of anilines is 2. The van der Waals surface area contributed by atoms with Crippen LogP contribution in [-0.2, 0) is 6.54 Å². The van der Waals surface area contributed by atoms with Crippen LogP contribution in [0.1, 0.15) is 25.0 Å². The first-order chi connectivity index (χ1) is 10.1. The normalized spacial score (nSPS) is 10.9. The summed E-state index contributed by atoms with van der Waals surface area (Å²) >= 11 is 0. The van der Waals surface area contributed by atoms with Crippen LogP contribution in [0.15, 0.2) is 48.5 Å². The summed E-state index contributed by atoms with van der Waals surface area (Å²) in [7, 11) is 2.12. The van der Waals surface area contributed by atoms with E-state index in [-0.39, 0.29) is 0 Å². The highest BCUT2D eigenvalue weighted by atomic mass is 15.1. The van der Waals surface area contributed by atoms with Crippen LogP contribution in [0.3, 0.4) is 0 Å². The van der Waals surface area contributed by atoms with Gasteiger partial charge in [-0.15, -0.1) is 0 Å². The zero-order valence-electron chi connectivity index (χ0n) is 13.6. The summed E-state index contributed by atoms with van der Waals surface area (Å²) in [5.74, 6) is 0.689. The predicted molar refractivity (Wildman–Crippen MR) is 92.2 cm³/mol. The summed E-state index contributed by atoms with van der Waals surface area (Å²) < 4.78 is 0. The molecule has 0 amide bonds. The van der Waals surface area contributed by atoms with Crippen molar-refractivity contribution in [2.45, 2.75) is 27.3 Å². The molecule has 0 aliphatic rings. The van der Waals surface area contributed by atoms with E-state index >= 15 is 0 Å². The zero-order chi connectivity index (χ0) is 15.2. The maximum Gasteiger partial charge on any atom is 0.0438 e. The van der Waals surface area contributed by atoms with Gasteiger partial charge in [0.05, 0.1) is 0 Å². The molecule has 2 heteroatoms. The Hall–Kier alpha value is -1.80. The smallest absolute Gasteiger partial charge is 0.0438 e. The maximum atomic E-state index is 3.50. The largest absolute Gasteiger partial charge is 0.344 e. The molecule has 0 bridgehead atoms. The molecule has 0 aromatic heterocycles. The van der Waals surface area contributed by atoms with E-state index in [0.29, 0.717) is 5.92 Å². The highest BCUT2D eigenvalue weighted by Crippen LogP contribution is 2.27. The lowest BCUT2D eigenvalue weighted by Crippen LogP contribution is -2.19. The van der Waals surface area contributed by atoms with Crippen LogP contribution in [0, 0.1) is 12.8 Å². The fraction of sp³-hybridized carbons (Fsp3) is 0.368. The van der Waals surface area contributed by atoms with E-state index in [4.69, 9.17) is 0 Å². The molecule has 0 aliphatic carbocycles. The van der Waals surface area contributed by atoms with Gasteiger partial charge in [0.1, 0.15) is 0 Å². The zero-order valence-corrected chi connectivity index (χ0v) is 13.6.